The van der Waals surface area contributed by atoms with Gasteiger partial charge in [-0.2, -0.15) is 0 Å². The van der Waals surface area contributed by atoms with Gasteiger partial charge in [0.2, 0.25) is 0 Å². The van der Waals surface area contributed by atoms with Crippen molar-refractivity contribution in [1.82, 2.24) is 19.7 Å². The highest BCUT2D eigenvalue weighted by molar-refractivity contribution is 7.99. The molecule has 0 amide bonds. The molecule has 2 heterocycles. The maximum atomic E-state index is 13.4. The lowest BCUT2D eigenvalue weighted by molar-refractivity contribution is 0.126. The molecule has 0 fully saturated rings. The van der Waals surface area contributed by atoms with E-state index in [1.165, 1.54) is 23.9 Å². The van der Waals surface area contributed by atoms with Crippen LogP contribution in [0.5, 0.6) is 5.75 Å². The summed E-state index contributed by atoms with van der Waals surface area (Å²) in [6.07, 6.45) is 2.66. The molecule has 2 aromatic heterocycles. The summed E-state index contributed by atoms with van der Waals surface area (Å²) in [6, 6.07) is 19.1. The lowest BCUT2D eigenvalue weighted by Gasteiger charge is -2.13. The molecule has 8 heteroatoms. The van der Waals surface area contributed by atoms with Gasteiger partial charge in [0.05, 0.1) is 6.10 Å². The Hall–Kier alpha value is -3.23. The highest BCUT2D eigenvalue weighted by atomic mass is 32.2. The standard InChI is InChI=1S/C22H19FN4O2S/c23-17-6-8-18(9-7-17)27-21(16-10-12-24-13-11-16)25-26-22(27)30-15-19(28)14-29-20-4-2-1-3-5-20/h1-13,19,28H,14-15H2. The van der Waals surface area contributed by atoms with Crippen molar-refractivity contribution < 1.29 is 14.2 Å². The van der Waals surface area contributed by atoms with Crippen molar-refractivity contribution in [3.63, 3.8) is 0 Å². The summed E-state index contributed by atoms with van der Waals surface area (Å²) in [4.78, 5) is 4.04. The molecule has 0 saturated heterocycles. The smallest absolute Gasteiger partial charge is 0.196 e. The topological polar surface area (TPSA) is 73.1 Å². The van der Waals surface area contributed by atoms with E-state index in [2.05, 4.69) is 15.2 Å². The van der Waals surface area contributed by atoms with Crippen LogP contribution in [0.3, 0.4) is 0 Å². The minimum Gasteiger partial charge on any atom is -0.491 e. The molecule has 4 rings (SSSR count). The van der Waals surface area contributed by atoms with Crippen molar-refractivity contribution in [3.8, 4) is 22.8 Å². The fourth-order valence-electron chi connectivity index (χ4n) is 2.80. The number of nitrogens with zero attached hydrogens (tertiary/aromatic N) is 4. The van der Waals surface area contributed by atoms with Gasteiger partial charge in [-0.1, -0.05) is 30.0 Å². The fourth-order valence-corrected chi connectivity index (χ4v) is 3.66. The van der Waals surface area contributed by atoms with Gasteiger partial charge in [0.1, 0.15) is 18.2 Å². The van der Waals surface area contributed by atoms with E-state index in [1.54, 1.807) is 24.5 Å². The summed E-state index contributed by atoms with van der Waals surface area (Å²) in [7, 11) is 0. The lowest BCUT2D eigenvalue weighted by atomic mass is 10.2. The molecule has 4 aromatic rings. The number of rotatable bonds is 8. The first-order valence-electron chi connectivity index (χ1n) is 9.31. The first-order chi connectivity index (χ1) is 14.7. The van der Waals surface area contributed by atoms with Crippen molar-refractivity contribution in [2.75, 3.05) is 12.4 Å². The van der Waals surface area contributed by atoms with E-state index in [4.69, 9.17) is 4.74 Å². The van der Waals surface area contributed by atoms with E-state index < -0.39 is 6.10 Å². The van der Waals surface area contributed by atoms with Gasteiger partial charge in [-0.25, -0.2) is 4.39 Å². The van der Waals surface area contributed by atoms with E-state index in [0.29, 0.717) is 22.5 Å². The van der Waals surface area contributed by atoms with Crippen LogP contribution in [0.25, 0.3) is 17.1 Å². The summed E-state index contributed by atoms with van der Waals surface area (Å²) in [5, 5.41) is 19.5. The number of thioether (sulfide) groups is 1. The van der Waals surface area contributed by atoms with Crippen LogP contribution >= 0.6 is 11.8 Å². The van der Waals surface area contributed by atoms with Gasteiger partial charge in [-0.05, 0) is 48.5 Å². The molecule has 6 nitrogen and oxygen atoms in total. The highest BCUT2D eigenvalue weighted by Crippen LogP contribution is 2.28. The third kappa shape index (κ3) is 4.84. The average Bonchev–Trinajstić information content (AvgIpc) is 3.22. The van der Waals surface area contributed by atoms with Crippen LogP contribution in [0, 0.1) is 5.82 Å². The summed E-state index contributed by atoms with van der Waals surface area (Å²) in [5.74, 6) is 1.36. The van der Waals surface area contributed by atoms with Crippen molar-refractivity contribution in [2.24, 2.45) is 0 Å². The Kier molecular flexibility index (Phi) is 6.36. The Morgan fingerprint density at radius 3 is 2.43 bits per heavy atom. The van der Waals surface area contributed by atoms with E-state index in [0.717, 1.165) is 11.3 Å². The van der Waals surface area contributed by atoms with Crippen molar-refractivity contribution in [3.05, 3.63) is 84.9 Å². The van der Waals surface area contributed by atoms with Crippen molar-refractivity contribution in [2.45, 2.75) is 11.3 Å². The average molecular weight is 422 g/mol. The highest BCUT2D eigenvalue weighted by Gasteiger charge is 2.18. The zero-order valence-electron chi connectivity index (χ0n) is 15.9. The van der Waals surface area contributed by atoms with Crippen LogP contribution in [0.1, 0.15) is 0 Å². The van der Waals surface area contributed by atoms with Gasteiger partial charge >= 0.3 is 0 Å². The third-order valence-corrected chi connectivity index (χ3v) is 5.32. The largest absolute Gasteiger partial charge is 0.491 e. The van der Waals surface area contributed by atoms with Crippen LogP contribution < -0.4 is 4.74 Å². The van der Waals surface area contributed by atoms with Crippen molar-refractivity contribution in [1.29, 1.82) is 0 Å². The van der Waals surface area contributed by atoms with Gasteiger partial charge in [0.15, 0.2) is 11.0 Å². The molecule has 2 aromatic carbocycles. The monoisotopic (exact) mass is 422 g/mol. The minimum absolute atomic E-state index is 0.166. The summed E-state index contributed by atoms with van der Waals surface area (Å²) >= 11 is 1.35. The molecule has 0 aliphatic carbocycles. The normalized spacial score (nSPS) is 11.9. The molecule has 0 radical (unpaired) electrons. The van der Waals surface area contributed by atoms with Crippen LogP contribution in [0.15, 0.2) is 84.3 Å². The number of hydrogen-bond donors (Lipinski definition) is 1. The van der Waals surface area contributed by atoms with Crippen LogP contribution in [-0.4, -0.2) is 43.3 Å². The van der Waals surface area contributed by atoms with E-state index in [-0.39, 0.29) is 12.4 Å². The fraction of sp³-hybridized carbons (Fsp3) is 0.136. The number of ether oxygens (including phenoxy) is 1. The second-order valence-electron chi connectivity index (χ2n) is 6.44. The molecule has 152 valence electrons. The summed E-state index contributed by atoms with van der Waals surface area (Å²) < 4.78 is 20.9. The summed E-state index contributed by atoms with van der Waals surface area (Å²) in [6.45, 7) is 0.166. The third-order valence-electron chi connectivity index (χ3n) is 4.25. The zero-order valence-corrected chi connectivity index (χ0v) is 16.7. The van der Waals surface area contributed by atoms with Crippen LogP contribution in [0.2, 0.25) is 0 Å². The first kappa shape index (κ1) is 20.1. The predicted octanol–water partition coefficient (Wildman–Crippen LogP) is 4.00. The maximum Gasteiger partial charge on any atom is 0.196 e. The molecule has 0 saturated carbocycles. The quantitative estimate of drug-likeness (QED) is 0.433. The van der Waals surface area contributed by atoms with Crippen molar-refractivity contribution >= 4 is 11.8 Å². The van der Waals surface area contributed by atoms with Gasteiger partial charge in [0.25, 0.3) is 0 Å². The van der Waals surface area contributed by atoms with Gasteiger partial charge in [-0.3, -0.25) is 9.55 Å². The predicted molar refractivity (Wildman–Crippen MR) is 113 cm³/mol. The Morgan fingerprint density at radius 1 is 0.967 bits per heavy atom. The first-order valence-corrected chi connectivity index (χ1v) is 10.3. The number of aliphatic hydroxyl groups excluding tert-OH is 1. The molecule has 0 spiro atoms. The number of hydrogen-bond acceptors (Lipinski definition) is 6. The Balaban J connectivity index is 1.52. The molecule has 0 aliphatic rings. The molecule has 1 unspecified atom stereocenters. The summed E-state index contributed by atoms with van der Waals surface area (Å²) in [5.41, 5.74) is 1.56. The zero-order chi connectivity index (χ0) is 20.8. The second kappa shape index (κ2) is 9.51. The number of benzene rings is 2. The molecular formula is C22H19FN4O2S. The molecule has 1 atom stereocenters. The SMILES string of the molecule is OC(COc1ccccc1)CSc1nnc(-c2ccncc2)n1-c1ccc(F)cc1. The number of aromatic nitrogens is 4. The molecular weight excluding hydrogens is 403 g/mol. The van der Waals surface area contributed by atoms with Gasteiger partial charge < -0.3 is 9.84 Å². The van der Waals surface area contributed by atoms with E-state index in [1.807, 2.05) is 47.0 Å². The Labute approximate surface area is 177 Å². The lowest BCUT2D eigenvalue weighted by Crippen LogP contribution is -2.20. The van der Waals surface area contributed by atoms with Gasteiger partial charge in [0, 0.05) is 29.4 Å². The van der Waals surface area contributed by atoms with Crippen LogP contribution in [0.4, 0.5) is 4.39 Å². The van der Waals surface area contributed by atoms with E-state index >= 15 is 0 Å². The number of para-hydroxylation sites is 1. The van der Waals surface area contributed by atoms with Gasteiger partial charge in [-0.15, -0.1) is 10.2 Å². The Morgan fingerprint density at radius 2 is 1.70 bits per heavy atom. The minimum atomic E-state index is -0.696. The van der Waals surface area contributed by atoms with Crippen LogP contribution in [-0.2, 0) is 0 Å². The molecule has 30 heavy (non-hydrogen) atoms. The molecule has 1 N–H and O–H groups in total. The Bertz CT molecular complexity index is 1080. The number of aliphatic hydroxyl groups is 1. The number of halogens is 1. The number of pyridine rings is 1. The van der Waals surface area contributed by atoms with E-state index in [9.17, 15) is 9.50 Å². The molecule has 0 bridgehead atoms. The second-order valence-corrected chi connectivity index (χ2v) is 7.43. The maximum absolute atomic E-state index is 13.4. The molecule has 0 aliphatic heterocycles.